The van der Waals surface area contributed by atoms with E-state index in [-0.39, 0.29) is 5.60 Å². The first-order valence-corrected chi connectivity index (χ1v) is 8.36. The van der Waals surface area contributed by atoms with Crippen molar-refractivity contribution >= 4 is 5.95 Å². The van der Waals surface area contributed by atoms with Crippen molar-refractivity contribution in [1.29, 1.82) is 0 Å². The van der Waals surface area contributed by atoms with Crippen LogP contribution < -0.4 is 4.90 Å². The highest BCUT2D eigenvalue weighted by atomic mass is 16.5. The highest BCUT2D eigenvalue weighted by Crippen LogP contribution is 2.35. The minimum absolute atomic E-state index is 0.0193. The Morgan fingerprint density at radius 1 is 1.32 bits per heavy atom. The minimum atomic E-state index is 0.0193. The van der Waals surface area contributed by atoms with Gasteiger partial charge in [-0.2, -0.15) is 0 Å². The van der Waals surface area contributed by atoms with Crippen molar-refractivity contribution in [2.75, 3.05) is 38.3 Å². The van der Waals surface area contributed by atoms with Crippen molar-refractivity contribution in [2.24, 2.45) is 5.92 Å². The quantitative estimate of drug-likeness (QED) is 0.821. The Kier molecular flexibility index (Phi) is 4.93. The molecule has 1 saturated heterocycles. The smallest absolute Gasteiger partial charge is 0.245 e. The van der Waals surface area contributed by atoms with Crippen molar-refractivity contribution in [3.8, 4) is 0 Å². The number of anilines is 1. The van der Waals surface area contributed by atoms with Gasteiger partial charge < -0.3 is 14.4 Å². The summed E-state index contributed by atoms with van der Waals surface area (Å²) in [6.45, 7) is 6.18. The molecule has 7 heteroatoms. The van der Waals surface area contributed by atoms with Crippen molar-refractivity contribution in [3.05, 3.63) is 0 Å². The predicted octanol–water partition coefficient (Wildman–Crippen LogP) is 1.50. The van der Waals surface area contributed by atoms with E-state index in [1.165, 1.54) is 19.3 Å². The Morgan fingerprint density at radius 3 is 2.91 bits per heavy atom. The van der Waals surface area contributed by atoms with Crippen LogP contribution in [-0.4, -0.2) is 59.2 Å². The monoisotopic (exact) mass is 309 g/mol. The number of nitrogens with zero attached hydrogens (tertiary/aromatic N) is 5. The maximum atomic E-state index is 6.15. The molecule has 1 aromatic rings. The first kappa shape index (κ1) is 15.7. The standard InChI is InChI=1S/C15H27N5O2/c1-13(11-21-2)10-20-14(16-17-18-20)19-8-9-22-15(12-19)6-4-3-5-7-15/h13H,3-12H2,1-2H3. The molecule has 22 heavy (non-hydrogen) atoms. The number of methoxy groups -OCH3 is 1. The van der Waals surface area contributed by atoms with E-state index in [9.17, 15) is 0 Å². The highest BCUT2D eigenvalue weighted by Gasteiger charge is 2.39. The highest BCUT2D eigenvalue weighted by molar-refractivity contribution is 5.30. The first-order chi connectivity index (χ1) is 10.7. The molecule has 2 fully saturated rings. The summed E-state index contributed by atoms with van der Waals surface area (Å²) in [6.07, 6.45) is 6.18. The van der Waals surface area contributed by atoms with E-state index in [0.717, 1.165) is 45.0 Å². The second-order valence-electron chi connectivity index (χ2n) is 6.74. The number of aromatic nitrogens is 4. The molecule has 1 aliphatic carbocycles. The zero-order chi connectivity index (χ0) is 15.4. The lowest BCUT2D eigenvalue weighted by molar-refractivity contribution is -0.0787. The van der Waals surface area contributed by atoms with E-state index < -0.39 is 0 Å². The third kappa shape index (κ3) is 3.41. The zero-order valence-corrected chi connectivity index (χ0v) is 13.7. The second kappa shape index (κ2) is 6.91. The van der Waals surface area contributed by atoms with Gasteiger partial charge in [-0.15, -0.1) is 0 Å². The summed E-state index contributed by atoms with van der Waals surface area (Å²) in [5.41, 5.74) is 0.0193. The zero-order valence-electron chi connectivity index (χ0n) is 13.7. The van der Waals surface area contributed by atoms with Crippen molar-refractivity contribution < 1.29 is 9.47 Å². The molecule has 0 aromatic carbocycles. The molecule has 7 nitrogen and oxygen atoms in total. The summed E-state index contributed by atoms with van der Waals surface area (Å²) in [5, 5.41) is 12.3. The van der Waals surface area contributed by atoms with Crippen LogP contribution in [0.3, 0.4) is 0 Å². The fourth-order valence-corrected chi connectivity index (χ4v) is 3.69. The van der Waals surface area contributed by atoms with Crippen molar-refractivity contribution in [3.63, 3.8) is 0 Å². The molecule has 2 heterocycles. The normalized spacial score (nSPS) is 22.9. The summed E-state index contributed by atoms with van der Waals surface area (Å²) >= 11 is 0. The van der Waals surface area contributed by atoms with Crippen LogP contribution >= 0.6 is 0 Å². The number of hydrogen-bond donors (Lipinski definition) is 0. The topological polar surface area (TPSA) is 65.3 Å². The molecule has 3 rings (SSSR count). The molecule has 1 unspecified atom stereocenters. The molecule has 1 aromatic heterocycles. The Bertz CT molecular complexity index is 467. The van der Waals surface area contributed by atoms with E-state index in [1.54, 1.807) is 7.11 Å². The molecule has 124 valence electrons. The Labute approximate surface area is 131 Å². The molecular weight excluding hydrogens is 282 g/mol. The summed E-state index contributed by atoms with van der Waals surface area (Å²) in [5.74, 6) is 1.26. The van der Waals surface area contributed by atoms with Gasteiger partial charge in [0.05, 0.1) is 25.4 Å². The second-order valence-corrected chi connectivity index (χ2v) is 6.74. The SMILES string of the molecule is COCC(C)Cn1nnnc1N1CCOC2(CCCCC2)C1. The van der Waals surface area contributed by atoms with Gasteiger partial charge in [-0.3, -0.25) is 0 Å². The van der Waals surface area contributed by atoms with Crippen LogP contribution in [0.1, 0.15) is 39.0 Å². The van der Waals surface area contributed by atoms with E-state index in [1.807, 2.05) is 4.68 Å². The van der Waals surface area contributed by atoms with Gasteiger partial charge in [0, 0.05) is 20.2 Å². The molecule has 1 spiro atoms. The largest absolute Gasteiger partial charge is 0.384 e. The number of hydrogen-bond acceptors (Lipinski definition) is 6. The van der Waals surface area contributed by atoms with Crippen LogP contribution in [0.4, 0.5) is 5.95 Å². The molecule has 1 atom stereocenters. The molecule has 1 saturated carbocycles. The molecular formula is C15H27N5O2. The predicted molar refractivity (Wildman–Crippen MR) is 82.8 cm³/mol. The Hall–Kier alpha value is -1.21. The average molecular weight is 309 g/mol. The van der Waals surface area contributed by atoms with Crippen LogP contribution in [0.2, 0.25) is 0 Å². The van der Waals surface area contributed by atoms with E-state index >= 15 is 0 Å². The van der Waals surface area contributed by atoms with Gasteiger partial charge in [0.25, 0.3) is 0 Å². The van der Waals surface area contributed by atoms with Crippen LogP contribution in [0, 0.1) is 5.92 Å². The lowest BCUT2D eigenvalue weighted by Gasteiger charge is -2.45. The summed E-state index contributed by atoms with van der Waals surface area (Å²) in [7, 11) is 1.73. The molecule has 0 amide bonds. The van der Waals surface area contributed by atoms with Crippen LogP contribution in [-0.2, 0) is 16.0 Å². The van der Waals surface area contributed by atoms with Crippen LogP contribution in [0.25, 0.3) is 0 Å². The van der Waals surface area contributed by atoms with Gasteiger partial charge in [0.15, 0.2) is 0 Å². The first-order valence-electron chi connectivity index (χ1n) is 8.36. The lowest BCUT2D eigenvalue weighted by atomic mass is 9.83. The van der Waals surface area contributed by atoms with E-state index in [4.69, 9.17) is 9.47 Å². The summed E-state index contributed by atoms with van der Waals surface area (Å²) < 4.78 is 13.3. The molecule has 0 bridgehead atoms. The Balaban J connectivity index is 1.69. The van der Waals surface area contributed by atoms with Crippen molar-refractivity contribution in [2.45, 2.75) is 51.2 Å². The third-order valence-electron chi connectivity index (χ3n) is 4.74. The maximum absolute atomic E-state index is 6.15. The van der Waals surface area contributed by atoms with E-state index in [0.29, 0.717) is 12.5 Å². The molecule has 1 aliphatic heterocycles. The van der Waals surface area contributed by atoms with Crippen LogP contribution in [0.5, 0.6) is 0 Å². The fourth-order valence-electron chi connectivity index (χ4n) is 3.69. The number of morpholine rings is 1. The molecule has 0 N–H and O–H groups in total. The third-order valence-corrected chi connectivity index (χ3v) is 4.74. The minimum Gasteiger partial charge on any atom is -0.384 e. The van der Waals surface area contributed by atoms with E-state index in [2.05, 4.69) is 27.3 Å². The maximum Gasteiger partial charge on any atom is 0.245 e. The van der Waals surface area contributed by atoms with Gasteiger partial charge in [-0.05, 0) is 29.2 Å². The number of ether oxygens (including phenoxy) is 2. The van der Waals surface area contributed by atoms with Gasteiger partial charge >= 0.3 is 0 Å². The van der Waals surface area contributed by atoms with Gasteiger partial charge in [-0.1, -0.05) is 31.3 Å². The number of tetrazole rings is 1. The summed E-state index contributed by atoms with van der Waals surface area (Å²) in [6, 6.07) is 0. The van der Waals surface area contributed by atoms with Gasteiger partial charge in [0.1, 0.15) is 0 Å². The van der Waals surface area contributed by atoms with Gasteiger partial charge in [-0.25, -0.2) is 4.68 Å². The average Bonchev–Trinajstić information content (AvgIpc) is 2.96. The number of rotatable bonds is 5. The molecule has 0 radical (unpaired) electrons. The van der Waals surface area contributed by atoms with Crippen molar-refractivity contribution in [1.82, 2.24) is 20.2 Å². The Morgan fingerprint density at radius 2 is 2.14 bits per heavy atom. The lowest BCUT2D eigenvalue weighted by Crippen LogP contribution is -2.53. The molecule has 2 aliphatic rings. The van der Waals surface area contributed by atoms with Crippen LogP contribution in [0.15, 0.2) is 0 Å². The fraction of sp³-hybridized carbons (Fsp3) is 0.933. The van der Waals surface area contributed by atoms with Gasteiger partial charge in [0.2, 0.25) is 5.95 Å². The summed E-state index contributed by atoms with van der Waals surface area (Å²) in [4.78, 5) is 2.30.